The van der Waals surface area contributed by atoms with Crippen molar-refractivity contribution in [1.82, 2.24) is 0 Å². The van der Waals surface area contributed by atoms with Crippen molar-refractivity contribution in [2.45, 2.75) is 12.8 Å². The Labute approximate surface area is 94.2 Å². The van der Waals surface area contributed by atoms with Crippen LogP contribution >= 0.6 is 11.8 Å². The minimum absolute atomic E-state index is 0.539. The first-order chi connectivity index (χ1) is 6.81. The van der Waals surface area contributed by atoms with Gasteiger partial charge in [-0.25, -0.2) is 8.42 Å². The van der Waals surface area contributed by atoms with Crippen LogP contribution in [0, 0.1) is 12.3 Å². The van der Waals surface area contributed by atoms with Crippen molar-refractivity contribution >= 4 is 27.0 Å². The second-order valence-electron chi connectivity index (χ2n) is 2.37. The zero-order valence-electron chi connectivity index (χ0n) is 8.39. The van der Waals surface area contributed by atoms with E-state index >= 15 is 0 Å². The fourth-order valence-electron chi connectivity index (χ4n) is 0.398. The summed E-state index contributed by atoms with van der Waals surface area (Å²) in [5.74, 6) is 8.47. The number of unbranched alkanes of at least 4 members (excludes halogenated alkanes) is 1. The van der Waals surface area contributed by atoms with Gasteiger partial charge in [0, 0.05) is 18.4 Å². The Morgan fingerprint density at radius 3 is 2.47 bits per heavy atom. The number of terminal acetylenes is 1. The van der Waals surface area contributed by atoms with Crippen LogP contribution in [0.1, 0.15) is 12.8 Å². The Bertz CT molecular complexity index is 311. The van der Waals surface area contributed by atoms with E-state index in [9.17, 15) is 0 Å². The average molecular weight is 253 g/mol. The molecule has 0 saturated carbocycles. The number of rotatable bonds is 3. The molecular weight excluding hydrogens is 238 g/mol. The molecule has 0 bridgehead atoms. The molecule has 88 valence electrons. The lowest BCUT2D eigenvalue weighted by atomic mass is 10.4. The monoisotopic (exact) mass is 253 g/mol. The Balaban J connectivity index is 0. The summed E-state index contributed by atoms with van der Waals surface area (Å²) in [5, 5.41) is 2.89. The summed E-state index contributed by atoms with van der Waals surface area (Å²) in [4.78, 5) is 0. The molecule has 0 unspecified atom stereocenters. The SMILES string of the molecule is C#CCCCSC(N)=[NH+]N.CS(=O)(=O)[O-]. The standard InChI is InChI=1S/C6H11N3S.CH4O3S/c1-2-3-4-5-10-6(7)9-8;1-5(2,3)4/h1H,3-5,8H2,(H2,7,9);1H3,(H,2,3,4). The molecule has 0 heterocycles. The van der Waals surface area contributed by atoms with Crippen molar-refractivity contribution in [2.75, 3.05) is 12.0 Å². The molecule has 0 aliphatic carbocycles. The molecule has 5 N–H and O–H groups in total. The summed E-state index contributed by atoms with van der Waals surface area (Å²) < 4.78 is 27.2. The number of hydrazine groups is 1. The molecule has 0 aliphatic rings. The average Bonchev–Trinajstić information content (AvgIpc) is 2.09. The number of amidine groups is 1. The topological polar surface area (TPSA) is 123 Å². The third-order valence-electron chi connectivity index (χ3n) is 0.865. The van der Waals surface area contributed by atoms with Crippen LogP contribution in [0.4, 0.5) is 0 Å². The zero-order chi connectivity index (χ0) is 12.3. The normalized spacial score (nSPS) is 11.1. The highest BCUT2D eigenvalue weighted by molar-refractivity contribution is 8.13. The van der Waals surface area contributed by atoms with Gasteiger partial charge in [-0.1, -0.05) is 0 Å². The number of thioether (sulfide) groups is 1. The molecule has 0 fully saturated rings. The van der Waals surface area contributed by atoms with Crippen LogP contribution in [-0.2, 0) is 10.1 Å². The highest BCUT2D eigenvalue weighted by atomic mass is 32.2. The summed E-state index contributed by atoms with van der Waals surface area (Å²) in [7, 11) is -3.92. The van der Waals surface area contributed by atoms with Crippen LogP contribution in [0.25, 0.3) is 0 Å². The first kappa shape index (κ1) is 16.5. The number of hydrazone groups is 1. The lowest BCUT2D eigenvalue weighted by Gasteiger charge is -1.90. The maximum Gasteiger partial charge on any atom is 0.324 e. The number of hydrogen-bond donors (Lipinski definition) is 3. The fraction of sp³-hybridized carbons (Fsp3) is 0.571. The molecule has 0 rings (SSSR count). The summed E-state index contributed by atoms with van der Waals surface area (Å²) in [6.07, 6.45) is 7.42. The first-order valence-electron chi connectivity index (χ1n) is 3.87. The smallest absolute Gasteiger partial charge is 0.324 e. The molecule has 15 heavy (non-hydrogen) atoms. The van der Waals surface area contributed by atoms with Crippen LogP contribution < -0.4 is 16.7 Å². The van der Waals surface area contributed by atoms with E-state index in [1.54, 1.807) is 0 Å². The maximum atomic E-state index is 9.08. The van der Waals surface area contributed by atoms with Gasteiger partial charge in [0.05, 0.1) is 10.1 Å². The van der Waals surface area contributed by atoms with E-state index in [1.165, 1.54) is 11.8 Å². The van der Waals surface area contributed by atoms with E-state index in [4.69, 9.17) is 31.0 Å². The fourth-order valence-corrected chi connectivity index (χ4v) is 0.990. The van der Waals surface area contributed by atoms with Crippen LogP contribution in [-0.4, -0.2) is 30.1 Å². The minimum atomic E-state index is -3.92. The summed E-state index contributed by atoms with van der Waals surface area (Å²) in [6.45, 7) is 0. The Morgan fingerprint density at radius 1 is 1.67 bits per heavy atom. The highest BCUT2D eigenvalue weighted by Gasteiger charge is 1.96. The minimum Gasteiger partial charge on any atom is -0.748 e. The molecule has 0 aromatic rings. The molecule has 0 saturated heterocycles. The van der Waals surface area contributed by atoms with Gasteiger partial charge in [-0.05, 0) is 18.2 Å². The van der Waals surface area contributed by atoms with E-state index in [1.807, 2.05) is 0 Å². The second-order valence-corrected chi connectivity index (χ2v) is 4.91. The third-order valence-corrected chi connectivity index (χ3v) is 1.79. The lowest BCUT2D eigenvalue weighted by molar-refractivity contribution is -0.467. The van der Waals surface area contributed by atoms with E-state index in [0.717, 1.165) is 18.6 Å². The Hall–Kier alpha value is -0.910. The molecule has 0 radical (unpaired) electrons. The molecule has 0 aliphatic heterocycles. The van der Waals surface area contributed by atoms with Crippen molar-refractivity contribution in [3.8, 4) is 12.3 Å². The van der Waals surface area contributed by atoms with E-state index in [2.05, 4.69) is 11.0 Å². The first-order valence-corrected chi connectivity index (χ1v) is 6.67. The van der Waals surface area contributed by atoms with Crippen molar-refractivity contribution in [2.24, 2.45) is 11.6 Å². The van der Waals surface area contributed by atoms with Gasteiger partial charge in [0.25, 0.3) is 0 Å². The number of hydrogen-bond acceptors (Lipinski definition) is 5. The van der Waals surface area contributed by atoms with E-state index in [0.29, 0.717) is 11.4 Å². The molecular formula is C7H15N3O3S2. The molecule has 8 heteroatoms. The number of nitrogens with two attached hydrogens (primary N) is 2. The largest absolute Gasteiger partial charge is 0.748 e. The van der Waals surface area contributed by atoms with Gasteiger partial charge in [0.15, 0.2) is 0 Å². The van der Waals surface area contributed by atoms with Gasteiger partial charge >= 0.3 is 5.17 Å². The van der Waals surface area contributed by atoms with Crippen LogP contribution in [0.5, 0.6) is 0 Å². The molecule has 0 atom stereocenters. The number of nitrogens with one attached hydrogen (secondary N) is 1. The van der Waals surface area contributed by atoms with Gasteiger partial charge in [0.2, 0.25) is 0 Å². The van der Waals surface area contributed by atoms with Gasteiger partial charge < -0.3 is 4.55 Å². The molecule has 0 amide bonds. The molecule has 0 spiro atoms. The predicted molar refractivity (Wildman–Crippen MR) is 60.5 cm³/mol. The van der Waals surface area contributed by atoms with E-state index in [-0.39, 0.29) is 0 Å². The quantitative estimate of drug-likeness (QED) is 0.0976. The van der Waals surface area contributed by atoms with Gasteiger partial charge in [-0.3, -0.25) is 11.6 Å². The highest BCUT2D eigenvalue weighted by Crippen LogP contribution is 2.00. The van der Waals surface area contributed by atoms with Crippen molar-refractivity contribution in [1.29, 1.82) is 0 Å². The van der Waals surface area contributed by atoms with Crippen molar-refractivity contribution < 1.29 is 18.1 Å². The zero-order valence-corrected chi connectivity index (χ0v) is 10.0. The summed E-state index contributed by atoms with van der Waals surface area (Å²) in [6, 6.07) is 0. The second kappa shape index (κ2) is 9.64. The Kier molecular flexibility index (Phi) is 10.6. The summed E-state index contributed by atoms with van der Waals surface area (Å²) in [5.41, 5.74) is 5.35. The molecule has 6 nitrogen and oxygen atoms in total. The van der Waals surface area contributed by atoms with Gasteiger partial charge in [-0.15, -0.1) is 12.3 Å². The summed E-state index contributed by atoms with van der Waals surface area (Å²) >= 11 is 1.48. The van der Waals surface area contributed by atoms with Crippen molar-refractivity contribution in [3.05, 3.63) is 0 Å². The van der Waals surface area contributed by atoms with E-state index < -0.39 is 10.1 Å². The maximum absolute atomic E-state index is 9.08. The lowest BCUT2D eigenvalue weighted by Crippen LogP contribution is -2.81. The molecule has 0 aromatic carbocycles. The predicted octanol–water partition coefficient (Wildman–Crippen LogP) is -2.44. The van der Waals surface area contributed by atoms with Crippen LogP contribution in [0.15, 0.2) is 0 Å². The van der Waals surface area contributed by atoms with Crippen LogP contribution in [0.3, 0.4) is 0 Å². The van der Waals surface area contributed by atoms with Gasteiger partial charge in [0.1, 0.15) is 0 Å². The molecule has 0 aromatic heterocycles. The van der Waals surface area contributed by atoms with Gasteiger partial charge in [-0.2, -0.15) is 5.10 Å². The third kappa shape index (κ3) is 32.0. The van der Waals surface area contributed by atoms with Crippen LogP contribution in [0.2, 0.25) is 0 Å². The van der Waals surface area contributed by atoms with Crippen molar-refractivity contribution in [3.63, 3.8) is 0 Å². The Morgan fingerprint density at radius 2 is 2.13 bits per heavy atom.